The van der Waals surface area contributed by atoms with Crippen LogP contribution in [0.15, 0.2) is 17.4 Å². The summed E-state index contributed by atoms with van der Waals surface area (Å²) in [5, 5.41) is 21.4. The fourth-order valence-electron chi connectivity index (χ4n) is 1.72. The van der Waals surface area contributed by atoms with Gasteiger partial charge in [-0.15, -0.1) is 10.2 Å². The maximum Gasteiger partial charge on any atom is 0.313 e. The van der Waals surface area contributed by atoms with E-state index in [1.807, 2.05) is 29.3 Å². The van der Waals surface area contributed by atoms with Crippen molar-refractivity contribution in [3.05, 3.63) is 23.8 Å². The molecule has 0 aromatic carbocycles. The number of aryl methyl sites for hydroxylation is 3. The summed E-state index contributed by atoms with van der Waals surface area (Å²) >= 11 is 1.18. The standard InChI is InChI=1S/C11H15N5O2S/c1-8-13-14-11(19-7-10(17)18)16(8)6-4-9-3-5-12-15(9)2/h3,5H,4,6-7H2,1-2H3,(H,17,18). The van der Waals surface area contributed by atoms with E-state index in [-0.39, 0.29) is 5.75 Å². The highest BCUT2D eigenvalue weighted by molar-refractivity contribution is 7.99. The van der Waals surface area contributed by atoms with Gasteiger partial charge in [-0.05, 0) is 13.0 Å². The Bertz CT molecular complexity index is 577. The van der Waals surface area contributed by atoms with E-state index in [1.165, 1.54) is 11.8 Å². The SMILES string of the molecule is Cc1nnc(SCC(=O)O)n1CCc1ccnn1C. The molecule has 2 rings (SSSR count). The van der Waals surface area contributed by atoms with Crippen molar-refractivity contribution in [3.8, 4) is 0 Å². The number of carbonyl (C=O) groups is 1. The van der Waals surface area contributed by atoms with Gasteiger partial charge in [0.15, 0.2) is 5.16 Å². The van der Waals surface area contributed by atoms with Gasteiger partial charge in [0, 0.05) is 31.9 Å². The zero-order chi connectivity index (χ0) is 13.8. The van der Waals surface area contributed by atoms with Crippen LogP contribution in [0.5, 0.6) is 0 Å². The molecule has 0 fully saturated rings. The van der Waals surface area contributed by atoms with Crippen molar-refractivity contribution in [2.75, 3.05) is 5.75 Å². The molecule has 1 N–H and O–H groups in total. The van der Waals surface area contributed by atoms with Crippen LogP contribution in [0.4, 0.5) is 0 Å². The molecule has 2 heterocycles. The topological polar surface area (TPSA) is 85.8 Å². The lowest BCUT2D eigenvalue weighted by Gasteiger charge is -2.07. The van der Waals surface area contributed by atoms with Crippen LogP contribution >= 0.6 is 11.8 Å². The molecule has 8 heteroatoms. The molecule has 0 amide bonds. The summed E-state index contributed by atoms with van der Waals surface area (Å²) in [7, 11) is 1.90. The van der Waals surface area contributed by atoms with Crippen molar-refractivity contribution in [2.24, 2.45) is 7.05 Å². The minimum absolute atomic E-state index is 0.0101. The van der Waals surface area contributed by atoms with Gasteiger partial charge < -0.3 is 9.67 Å². The molecule has 0 aliphatic rings. The Morgan fingerprint density at radius 3 is 2.89 bits per heavy atom. The monoisotopic (exact) mass is 281 g/mol. The first kappa shape index (κ1) is 13.6. The molecule has 2 aromatic heterocycles. The zero-order valence-electron chi connectivity index (χ0n) is 10.8. The van der Waals surface area contributed by atoms with Crippen molar-refractivity contribution >= 4 is 17.7 Å². The van der Waals surface area contributed by atoms with E-state index in [0.717, 1.165) is 17.9 Å². The molecule has 0 aliphatic heterocycles. The summed E-state index contributed by atoms with van der Waals surface area (Å²) in [6.45, 7) is 2.57. The van der Waals surface area contributed by atoms with E-state index in [1.54, 1.807) is 6.20 Å². The lowest BCUT2D eigenvalue weighted by molar-refractivity contribution is -0.133. The molecule has 0 aliphatic carbocycles. The van der Waals surface area contributed by atoms with Crippen LogP contribution in [0, 0.1) is 6.92 Å². The van der Waals surface area contributed by atoms with Gasteiger partial charge >= 0.3 is 5.97 Å². The van der Waals surface area contributed by atoms with Crippen molar-refractivity contribution in [1.82, 2.24) is 24.5 Å². The Morgan fingerprint density at radius 2 is 2.26 bits per heavy atom. The third-order valence-corrected chi connectivity index (χ3v) is 3.69. The van der Waals surface area contributed by atoms with Crippen molar-refractivity contribution in [1.29, 1.82) is 0 Å². The van der Waals surface area contributed by atoms with Crippen LogP contribution in [-0.2, 0) is 24.8 Å². The molecule has 7 nitrogen and oxygen atoms in total. The van der Waals surface area contributed by atoms with Gasteiger partial charge in [0.1, 0.15) is 5.82 Å². The summed E-state index contributed by atoms with van der Waals surface area (Å²) in [6.07, 6.45) is 2.56. The minimum atomic E-state index is -0.858. The molecule has 0 saturated heterocycles. The Morgan fingerprint density at radius 1 is 1.47 bits per heavy atom. The second-order valence-corrected chi connectivity index (χ2v) is 5.00. The van der Waals surface area contributed by atoms with Crippen LogP contribution in [0.1, 0.15) is 11.5 Å². The highest BCUT2D eigenvalue weighted by Gasteiger charge is 2.11. The normalized spacial score (nSPS) is 10.8. The first-order chi connectivity index (χ1) is 9.08. The zero-order valence-corrected chi connectivity index (χ0v) is 11.6. The highest BCUT2D eigenvalue weighted by Crippen LogP contribution is 2.17. The van der Waals surface area contributed by atoms with E-state index in [9.17, 15) is 4.79 Å². The molecule has 0 saturated carbocycles. The molecule has 19 heavy (non-hydrogen) atoms. The first-order valence-electron chi connectivity index (χ1n) is 5.79. The number of hydrogen-bond donors (Lipinski definition) is 1. The minimum Gasteiger partial charge on any atom is -0.481 e. The third-order valence-electron chi connectivity index (χ3n) is 2.74. The molecular formula is C11H15N5O2S. The first-order valence-corrected chi connectivity index (χ1v) is 6.77. The predicted octanol–water partition coefficient (Wildman–Crippen LogP) is 0.739. The van der Waals surface area contributed by atoms with Gasteiger partial charge in [-0.25, -0.2) is 0 Å². The number of nitrogens with zero attached hydrogens (tertiary/aromatic N) is 5. The number of thioether (sulfide) groups is 1. The third kappa shape index (κ3) is 3.34. The number of hydrogen-bond acceptors (Lipinski definition) is 5. The van der Waals surface area contributed by atoms with Crippen molar-refractivity contribution in [2.45, 2.75) is 25.0 Å². The Labute approximate surface area is 114 Å². The summed E-state index contributed by atoms with van der Waals surface area (Å²) in [4.78, 5) is 10.6. The van der Waals surface area contributed by atoms with Crippen molar-refractivity contribution in [3.63, 3.8) is 0 Å². The van der Waals surface area contributed by atoms with Crippen molar-refractivity contribution < 1.29 is 9.90 Å². The van der Waals surface area contributed by atoms with Crippen LogP contribution in [0.25, 0.3) is 0 Å². The average Bonchev–Trinajstić information content (AvgIpc) is 2.91. The maximum atomic E-state index is 10.6. The Hall–Kier alpha value is -1.83. The van der Waals surface area contributed by atoms with Gasteiger partial charge in [-0.3, -0.25) is 9.48 Å². The summed E-state index contributed by atoms with van der Waals surface area (Å²) in [6, 6.07) is 1.96. The largest absolute Gasteiger partial charge is 0.481 e. The van der Waals surface area contributed by atoms with Gasteiger partial charge in [0.25, 0.3) is 0 Å². The average molecular weight is 281 g/mol. The number of aliphatic carboxylic acids is 1. The fraction of sp³-hybridized carbons (Fsp3) is 0.455. The fourth-order valence-corrected chi connectivity index (χ4v) is 2.46. The quantitative estimate of drug-likeness (QED) is 0.786. The number of rotatable bonds is 6. The number of carboxylic acid groups (broad SMARTS) is 1. The molecule has 102 valence electrons. The van der Waals surface area contributed by atoms with Crippen LogP contribution in [-0.4, -0.2) is 41.4 Å². The second-order valence-electron chi connectivity index (χ2n) is 4.06. The molecule has 2 aromatic rings. The van der Waals surface area contributed by atoms with E-state index < -0.39 is 5.97 Å². The number of carboxylic acids is 1. The van der Waals surface area contributed by atoms with Gasteiger partial charge in [-0.1, -0.05) is 11.8 Å². The lowest BCUT2D eigenvalue weighted by Crippen LogP contribution is -2.09. The van der Waals surface area contributed by atoms with E-state index in [4.69, 9.17) is 5.11 Å². The van der Waals surface area contributed by atoms with E-state index >= 15 is 0 Å². The van der Waals surface area contributed by atoms with Gasteiger partial charge in [0.2, 0.25) is 0 Å². The highest BCUT2D eigenvalue weighted by atomic mass is 32.2. The number of aromatic nitrogens is 5. The van der Waals surface area contributed by atoms with Crippen LogP contribution in [0.2, 0.25) is 0 Å². The lowest BCUT2D eigenvalue weighted by atomic mass is 10.3. The summed E-state index contributed by atoms with van der Waals surface area (Å²) in [5.74, 6) is -0.0805. The van der Waals surface area contributed by atoms with E-state index in [2.05, 4.69) is 15.3 Å². The predicted molar refractivity (Wildman–Crippen MR) is 70.0 cm³/mol. The van der Waals surface area contributed by atoms with E-state index in [0.29, 0.717) is 11.7 Å². The second kappa shape index (κ2) is 5.87. The van der Waals surface area contributed by atoms with Crippen LogP contribution < -0.4 is 0 Å². The molecule has 0 bridgehead atoms. The summed E-state index contributed by atoms with van der Waals surface area (Å²) < 4.78 is 3.75. The summed E-state index contributed by atoms with van der Waals surface area (Å²) in [5.41, 5.74) is 1.11. The molecule has 0 atom stereocenters. The maximum absolute atomic E-state index is 10.6. The Kier molecular flexibility index (Phi) is 4.20. The van der Waals surface area contributed by atoms with Gasteiger partial charge in [-0.2, -0.15) is 5.10 Å². The molecule has 0 radical (unpaired) electrons. The Balaban J connectivity index is 2.05. The smallest absolute Gasteiger partial charge is 0.313 e. The molecular weight excluding hydrogens is 266 g/mol. The molecule has 0 spiro atoms. The van der Waals surface area contributed by atoms with Gasteiger partial charge in [0.05, 0.1) is 5.75 Å². The molecule has 0 unspecified atom stereocenters. The van der Waals surface area contributed by atoms with Crippen LogP contribution in [0.3, 0.4) is 0 Å².